The van der Waals surface area contributed by atoms with E-state index in [2.05, 4.69) is 26.5 Å². The van der Waals surface area contributed by atoms with Crippen LogP contribution in [0.3, 0.4) is 0 Å². The minimum Gasteiger partial charge on any atom is -0.369 e. The molecule has 1 amide bonds. The molecule has 1 saturated heterocycles. The fraction of sp³-hybridized carbons (Fsp3) is 0.421. The van der Waals surface area contributed by atoms with Gasteiger partial charge in [0.25, 0.3) is 5.91 Å². The van der Waals surface area contributed by atoms with Crippen LogP contribution in [0.25, 0.3) is 0 Å². The van der Waals surface area contributed by atoms with Gasteiger partial charge in [0.05, 0.1) is 0 Å². The lowest BCUT2D eigenvalue weighted by Gasteiger charge is -2.35. The predicted octanol–water partition coefficient (Wildman–Crippen LogP) is 2.49. The number of aryl methyl sites for hydroxylation is 2. The number of hydrogen-bond acceptors (Lipinski definition) is 5. The zero-order valence-electron chi connectivity index (χ0n) is 15.1. The van der Waals surface area contributed by atoms with E-state index >= 15 is 0 Å². The molecule has 1 fully saturated rings. The van der Waals surface area contributed by atoms with Crippen molar-refractivity contribution < 1.29 is 4.79 Å². The van der Waals surface area contributed by atoms with Crippen molar-refractivity contribution in [2.75, 3.05) is 42.9 Å². The zero-order valence-corrected chi connectivity index (χ0v) is 15.1. The van der Waals surface area contributed by atoms with Crippen LogP contribution < -0.4 is 10.2 Å². The largest absolute Gasteiger partial charge is 0.369 e. The highest BCUT2D eigenvalue weighted by Gasteiger charge is 2.23. The number of amides is 1. The van der Waals surface area contributed by atoms with E-state index in [-0.39, 0.29) is 5.91 Å². The van der Waals surface area contributed by atoms with Crippen molar-refractivity contribution >= 4 is 17.5 Å². The van der Waals surface area contributed by atoms with Gasteiger partial charge in [-0.25, -0.2) is 0 Å². The number of anilines is 2. The number of nitrogens with zero attached hydrogens (tertiary/aromatic N) is 4. The molecular weight excluding hydrogens is 314 g/mol. The molecule has 132 valence electrons. The molecular formula is C19H25N5O. The fourth-order valence-corrected chi connectivity index (χ4v) is 3.19. The van der Waals surface area contributed by atoms with Crippen LogP contribution in [0.2, 0.25) is 0 Å². The maximum Gasteiger partial charge on any atom is 0.253 e. The van der Waals surface area contributed by atoms with E-state index < -0.39 is 0 Å². The number of hydrogen-bond donors (Lipinski definition) is 1. The molecule has 0 radical (unpaired) electrons. The summed E-state index contributed by atoms with van der Waals surface area (Å²) in [5, 5.41) is 11.6. The number of carbonyl (C=O) groups is 1. The smallest absolute Gasteiger partial charge is 0.253 e. The normalized spacial score (nSPS) is 14.5. The molecule has 0 saturated carbocycles. The molecule has 2 heterocycles. The van der Waals surface area contributed by atoms with E-state index in [0.29, 0.717) is 13.1 Å². The number of nitrogens with one attached hydrogen (secondary N) is 1. The fourth-order valence-electron chi connectivity index (χ4n) is 3.19. The number of rotatable bonds is 4. The Morgan fingerprint density at radius 2 is 1.72 bits per heavy atom. The molecule has 3 rings (SSSR count). The molecule has 1 aliphatic rings. The predicted molar refractivity (Wildman–Crippen MR) is 100 cm³/mol. The van der Waals surface area contributed by atoms with Gasteiger partial charge in [0.1, 0.15) is 5.82 Å². The van der Waals surface area contributed by atoms with Gasteiger partial charge >= 0.3 is 0 Å². The maximum atomic E-state index is 12.7. The highest BCUT2D eigenvalue weighted by molar-refractivity contribution is 5.94. The molecule has 0 atom stereocenters. The Bertz CT molecular complexity index is 716. The van der Waals surface area contributed by atoms with Crippen molar-refractivity contribution in [3.05, 3.63) is 47.0 Å². The third-order valence-electron chi connectivity index (χ3n) is 4.37. The number of carbonyl (C=O) groups excluding carboxylic acids is 1. The first-order chi connectivity index (χ1) is 12.1. The number of aromatic nitrogens is 2. The van der Waals surface area contributed by atoms with Crippen LogP contribution in [0, 0.1) is 13.8 Å². The van der Waals surface area contributed by atoms with Gasteiger partial charge in [-0.2, -0.15) is 0 Å². The Hall–Kier alpha value is -2.63. The molecule has 1 aromatic heterocycles. The minimum atomic E-state index is 0.111. The first-order valence-corrected chi connectivity index (χ1v) is 8.77. The van der Waals surface area contributed by atoms with Crippen molar-refractivity contribution in [3.8, 4) is 0 Å². The molecule has 6 heteroatoms. The molecule has 0 unspecified atom stereocenters. The van der Waals surface area contributed by atoms with Crippen molar-refractivity contribution in [2.24, 2.45) is 0 Å². The van der Waals surface area contributed by atoms with E-state index in [9.17, 15) is 4.79 Å². The lowest BCUT2D eigenvalue weighted by molar-refractivity contribution is 0.0746. The van der Waals surface area contributed by atoms with Gasteiger partial charge in [0, 0.05) is 38.3 Å². The van der Waals surface area contributed by atoms with Crippen LogP contribution in [0.5, 0.6) is 0 Å². The molecule has 1 aliphatic heterocycles. The highest BCUT2D eigenvalue weighted by Crippen LogP contribution is 2.17. The Morgan fingerprint density at radius 3 is 2.28 bits per heavy atom. The number of benzene rings is 1. The summed E-state index contributed by atoms with van der Waals surface area (Å²) in [6.07, 6.45) is 0. The average molecular weight is 339 g/mol. The zero-order chi connectivity index (χ0) is 17.8. The van der Waals surface area contributed by atoms with Gasteiger partial charge < -0.3 is 15.1 Å². The van der Waals surface area contributed by atoms with E-state index in [1.54, 1.807) is 0 Å². The maximum absolute atomic E-state index is 12.7. The second-order valence-corrected chi connectivity index (χ2v) is 6.46. The molecule has 1 aromatic carbocycles. The molecule has 2 aromatic rings. The van der Waals surface area contributed by atoms with Crippen LogP contribution >= 0.6 is 0 Å². The average Bonchev–Trinajstić information content (AvgIpc) is 2.61. The van der Waals surface area contributed by atoms with Crippen LogP contribution in [0.1, 0.15) is 28.4 Å². The third-order valence-corrected chi connectivity index (χ3v) is 4.37. The van der Waals surface area contributed by atoms with Crippen molar-refractivity contribution in [3.63, 3.8) is 0 Å². The summed E-state index contributed by atoms with van der Waals surface area (Å²) >= 11 is 0. The Balaban J connectivity index is 1.62. The SMILES string of the molecule is CCNc1ccc(N2CCN(C(=O)c3cc(C)cc(C)c3)CC2)nn1. The van der Waals surface area contributed by atoms with Crippen molar-refractivity contribution in [1.82, 2.24) is 15.1 Å². The summed E-state index contributed by atoms with van der Waals surface area (Å²) in [4.78, 5) is 16.8. The molecule has 1 N–H and O–H groups in total. The van der Waals surface area contributed by atoms with Gasteiger partial charge in [0.2, 0.25) is 0 Å². The van der Waals surface area contributed by atoms with Crippen molar-refractivity contribution in [1.29, 1.82) is 0 Å². The standard InChI is InChI=1S/C19H25N5O/c1-4-20-17-5-6-18(22-21-17)23-7-9-24(10-8-23)19(25)16-12-14(2)11-15(3)13-16/h5-6,11-13H,4,7-10H2,1-3H3,(H,20,21). The molecule has 0 spiro atoms. The van der Waals surface area contributed by atoms with Gasteiger partial charge in [-0.05, 0) is 45.0 Å². The topological polar surface area (TPSA) is 61.4 Å². The van der Waals surface area contributed by atoms with Gasteiger partial charge in [0.15, 0.2) is 5.82 Å². The monoisotopic (exact) mass is 339 g/mol. The Labute approximate surface area is 148 Å². The number of piperazine rings is 1. The molecule has 0 aliphatic carbocycles. The summed E-state index contributed by atoms with van der Waals surface area (Å²) in [5.74, 6) is 1.76. The first-order valence-electron chi connectivity index (χ1n) is 8.77. The van der Waals surface area contributed by atoms with Crippen molar-refractivity contribution in [2.45, 2.75) is 20.8 Å². The van der Waals surface area contributed by atoms with Crippen LogP contribution in [0.15, 0.2) is 30.3 Å². The summed E-state index contributed by atoms with van der Waals surface area (Å²) < 4.78 is 0. The summed E-state index contributed by atoms with van der Waals surface area (Å²) in [6, 6.07) is 9.94. The van der Waals surface area contributed by atoms with E-state index in [1.807, 2.05) is 49.9 Å². The molecule has 25 heavy (non-hydrogen) atoms. The molecule has 0 bridgehead atoms. The third kappa shape index (κ3) is 4.07. The second-order valence-electron chi connectivity index (χ2n) is 6.46. The van der Waals surface area contributed by atoms with Gasteiger partial charge in [-0.1, -0.05) is 17.2 Å². The Morgan fingerprint density at radius 1 is 1.04 bits per heavy atom. The lowest BCUT2D eigenvalue weighted by Crippen LogP contribution is -2.49. The quantitative estimate of drug-likeness (QED) is 0.927. The van der Waals surface area contributed by atoms with Gasteiger partial charge in [-0.3, -0.25) is 4.79 Å². The molecule has 6 nitrogen and oxygen atoms in total. The minimum absolute atomic E-state index is 0.111. The lowest BCUT2D eigenvalue weighted by atomic mass is 10.1. The van der Waals surface area contributed by atoms with Crippen LogP contribution in [-0.4, -0.2) is 53.7 Å². The van der Waals surface area contributed by atoms with Crippen LogP contribution in [-0.2, 0) is 0 Å². The van der Waals surface area contributed by atoms with E-state index in [4.69, 9.17) is 0 Å². The Kier molecular flexibility index (Phi) is 5.16. The van der Waals surface area contributed by atoms with Crippen LogP contribution in [0.4, 0.5) is 11.6 Å². The summed E-state index contributed by atoms with van der Waals surface area (Å²) in [7, 11) is 0. The van der Waals surface area contributed by atoms with E-state index in [1.165, 1.54) is 0 Å². The van der Waals surface area contributed by atoms with Gasteiger partial charge in [-0.15, -0.1) is 10.2 Å². The second kappa shape index (κ2) is 7.51. The summed E-state index contributed by atoms with van der Waals surface area (Å²) in [6.45, 7) is 9.84. The highest BCUT2D eigenvalue weighted by atomic mass is 16.2. The first kappa shape index (κ1) is 17.2. The summed E-state index contributed by atoms with van der Waals surface area (Å²) in [5.41, 5.74) is 3.02. The van der Waals surface area contributed by atoms with E-state index in [0.717, 1.165) is 48.0 Å².